The summed E-state index contributed by atoms with van der Waals surface area (Å²) in [4.78, 5) is 19.7. The van der Waals surface area contributed by atoms with Crippen molar-refractivity contribution in [2.45, 2.75) is 60.4 Å². The molecule has 152 valence electrons. The molecular formula is C21H35N3O3. The van der Waals surface area contributed by atoms with Crippen molar-refractivity contribution in [2.75, 3.05) is 37.8 Å². The molecule has 1 amide bonds. The lowest BCUT2D eigenvalue weighted by atomic mass is 9.91. The van der Waals surface area contributed by atoms with Gasteiger partial charge in [-0.2, -0.15) is 4.98 Å². The summed E-state index contributed by atoms with van der Waals surface area (Å²) in [6.07, 6.45) is 2.02. The van der Waals surface area contributed by atoms with Crippen molar-refractivity contribution < 1.29 is 14.3 Å². The predicted molar refractivity (Wildman–Crippen MR) is 109 cm³/mol. The molecule has 1 aromatic heterocycles. The van der Waals surface area contributed by atoms with Gasteiger partial charge in [0, 0.05) is 13.1 Å². The lowest BCUT2D eigenvalue weighted by Gasteiger charge is -2.34. The van der Waals surface area contributed by atoms with E-state index in [0.717, 1.165) is 30.8 Å². The van der Waals surface area contributed by atoms with E-state index in [1.54, 1.807) is 0 Å². The summed E-state index contributed by atoms with van der Waals surface area (Å²) in [7, 11) is 0. The van der Waals surface area contributed by atoms with Crippen LogP contribution in [0.2, 0.25) is 0 Å². The number of rotatable bonds is 7. The van der Waals surface area contributed by atoms with Crippen LogP contribution in [0.4, 0.5) is 5.82 Å². The molecule has 6 nitrogen and oxygen atoms in total. The first-order valence-electron chi connectivity index (χ1n) is 10.00. The molecule has 1 aliphatic heterocycles. The van der Waals surface area contributed by atoms with Crippen LogP contribution < -0.4 is 15.0 Å². The number of nitrogens with one attached hydrogen (secondary N) is 1. The number of aromatic nitrogens is 1. The molecule has 2 rings (SSSR count). The molecule has 0 radical (unpaired) electrons. The molecule has 2 heterocycles. The molecule has 1 aliphatic rings. The minimum Gasteiger partial charge on any atom is -0.477 e. The normalized spacial score (nSPS) is 17.7. The Labute approximate surface area is 163 Å². The van der Waals surface area contributed by atoms with Crippen molar-refractivity contribution in [1.29, 1.82) is 0 Å². The molecule has 1 atom stereocenters. The number of nitrogens with zero attached hydrogens (tertiary/aromatic N) is 2. The Morgan fingerprint density at radius 3 is 2.81 bits per heavy atom. The van der Waals surface area contributed by atoms with E-state index in [2.05, 4.69) is 42.9 Å². The molecule has 27 heavy (non-hydrogen) atoms. The monoisotopic (exact) mass is 377 g/mol. The highest BCUT2D eigenvalue weighted by Crippen LogP contribution is 2.27. The standard InChI is InChI=1S/C21H35N3O3/c1-7-27-20-18(19(25)22-10-8-9-21(4,5)6)15(2)13-17(23-20)24-11-12-26-14-16(24)3/h13,16H,7-12,14H2,1-6H3,(H,22,25)/t16-/m1/s1. The second kappa shape index (κ2) is 9.40. The molecule has 1 fully saturated rings. The minimum absolute atomic E-state index is 0.112. The van der Waals surface area contributed by atoms with Crippen LogP contribution in [0.1, 0.15) is 63.4 Å². The Balaban J connectivity index is 2.16. The van der Waals surface area contributed by atoms with E-state index in [4.69, 9.17) is 9.47 Å². The van der Waals surface area contributed by atoms with Gasteiger partial charge >= 0.3 is 0 Å². The quantitative estimate of drug-likeness (QED) is 0.736. The van der Waals surface area contributed by atoms with Crippen molar-refractivity contribution >= 4 is 11.7 Å². The second-order valence-electron chi connectivity index (χ2n) is 8.45. The molecular weight excluding hydrogens is 342 g/mol. The van der Waals surface area contributed by atoms with Gasteiger partial charge in [0.2, 0.25) is 5.88 Å². The summed E-state index contributed by atoms with van der Waals surface area (Å²) >= 11 is 0. The van der Waals surface area contributed by atoms with Crippen LogP contribution in [0.5, 0.6) is 5.88 Å². The van der Waals surface area contributed by atoms with E-state index in [0.29, 0.717) is 37.8 Å². The van der Waals surface area contributed by atoms with Crippen LogP contribution in [0.25, 0.3) is 0 Å². The summed E-state index contributed by atoms with van der Waals surface area (Å²) in [5, 5.41) is 3.03. The highest BCUT2D eigenvalue weighted by molar-refractivity contribution is 5.98. The van der Waals surface area contributed by atoms with Gasteiger partial charge in [-0.15, -0.1) is 0 Å². The van der Waals surface area contributed by atoms with E-state index in [-0.39, 0.29) is 17.4 Å². The molecule has 0 saturated carbocycles. The zero-order chi connectivity index (χ0) is 20.0. The maximum atomic E-state index is 12.8. The van der Waals surface area contributed by atoms with Crippen molar-refractivity contribution in [3.05, 3.63) is 17.2 Å². The highest BCUT2D eigenvalue weighted by Gasteiger charge is 2.24. The van der Waals surface area contributed by atoms with Gasteiger partial charge in [0.05, 0.1) is 25.9 Å². The summed E-state index contributed by atoms with van der Waals surface area (Å²) in [6, 6.07) is 2.23. The maximum Gasteiger partial charge on any atom is 0.257 e. The van der Waals surface area contributed by atoms with E-state index < -0.39 is 0 Å². The lowest BCUT2D eigenvalue weighted by molar-refractivity contribution is 0.0944. The fourth-order valence-electron chi connectivity index (χ4n) is 3.27. The maximum absolute atomic E-state index is 12.8. The molecule has 0 bridgehead atoms. The van der Waals surface area contributed by atoms with Crippen molar-refractivity contribution in [3.63, 3.8) is 0 Å². The molecule has 0 aliphatic carbocycles. The number of ether oxygens (including phenoxy) is 2. The summed E-state index contributed by atoms with van der Waals surface area (Å²) in [6.45, 7) is 15.9. The van der Waals surface area contributed by atoms with Crippen LogP contribution in [0.15, 0.2) is 6.07 Å². The van der Waals surface area contributed by atoms with Crippen LogP contribution in [-0.4, -0.2) is 49.8 Å². The Bertz CT molecular complexity index is 640. The third-order valence-corrected chi connectivity index (χ3v) is 4.73. The van der Waals surface area contributed by atoms with Crippen molar-refractivity contribution in [3.8, 4) is 5.88 Å². The van der Waals surface area contributed by atoms with Gasteiger partial charge in [-0.1, -0.05) is 20.8 Å². The number of hydrogen-bond donors (Lipinski definition) is 1. The van der Waals surface area contributed by atoms with E-state index in [1.165, 1.54) is 0 Å². The predicted octanol–water partition coefficient (Wildman–Crippen LogP) is 3.57. The van der Waals surface area contributed by atoms with Crippen molar-refractivity contribution in [2.24, 2.45) is 5.41 Å². The minimum atomic E-state index is -0.112. The summed E-state index contributed by atoms with van der Waals surface area (Å²) in [5.41, 5.74) is 1.70. The average molecular weight is 378 g/mol. The molecule has 0 aromatic carbocycles. The van der Waals surface area contributed by atoms with E-state index in [9.17, 15) is 4.79 Å². The number of carbonyl (C=O) groups is 1. The van der Waals surface area contributed by atoms with Gasteiger partial charge in [0.25, 0.3) is 5.91 Å². The topological polar surface area (TPSA) is 63.7 Å². The fourth-order valence-corrected chi connectivity index (χ4v) is 3.27. The Morgan fingerprint density at radius 1 is 1.44 bits per heavy atom. The third kappa shape index (κ3) is 6.09. The van der Waals surface area contributed by atoms with E-state index >= 15 is 0 Å². The third-order valence-electron chi connectivity index (χ3n) is 4.73. The number of anilines is 1. The average Bonchev–Trinajstić information content (AvgIpc) is 2.58. The summed E-state index contributed by atoms with van der Waals surface area (Å²) < 4.78 is 11.3. The number of pyridine rings is 1. The fraction of sp³-hybridized carbons (Fsp3) is 0.714. The number of carbonyl (C=O) groups excluding carboxylic acids is 1. The molecule has 1 saturated heterocycles. The first-order chi connectivity index (χ1) is 12.7. The Kier molecular flexibility index (Phi) is 7.48. The number of amides is 1. The summed E-state index contributed by atoms with van der Waals surface area (Å²) in [5.74, 6) is 1.15. The molecule has 1 aromatic rings. The lowest BCUT2D eigenvalue weighted by Crippen LogP contribution is -2.44. The van der Waals surface area contributed by atoms with Gasteiger partial charge < -0.3 is 19.7 Å². The van der Waals surface area contributed by atoms with Crippen LogP contribution in [-0.2, 0) is 4.74 Å². The zero-order valence-corrected chi connectivity index (χ0v) is 17.7. The van der Waals surface area contributed by atoms with Crippen LogP contribution in [0, 0.1) is 12.3 Å². The number of morpholine rings is 1. The molecule has 1 N–H and O–H groups in total. The number of hydrogen-bond acceptors (Lipinski definition) is 5. The Morgan fingerprint density at radius 2 is 2.19 bits per heavy atom. The van der Waals surface area contributed by atoms with Gasteiger partial charge in [0.1, 0.15) is 11.4 Å². The Hall–Kier alpha value is -1.82. The zero-order valence-electron chi connectivity index (χ0n) is 17.7. The van der Waals surface area contributed by atoms with E-state index in [1.807, 2.05) is 19.9 Å². The van der Waals surface area contributed by atoms with Crippen LogP contribution >= 0.6 is 0 Å². The van der Waals surface area contributed by atoms with Gasteiger partial charge in [-0.25, -0.2) is 0 Å². The molecule has 0 spiro atoms. The first-order valence-corrected chi connectivity index (χ1v) is 10.00. The first kappa shape index (κ1) is 21.5. The van der Waals surface area contributed by atoms with Gasteiger partial charge in [-0.3, -0.25) is 4.79 Å². The van der Waals surface area contributed by atoms with Crippen LogP contribution in [0.3, 0.4) is 0 Å². The van der Waals surface area contributed by atoms with Gasteiger partial charge in [-0.05, 0) is 50.7 Å². The molecule has 0 unspecified atom stereocenters. The SMILES string of the molecule is CCOc1nc(N2CCOC[C@H]2C)cc(C)c1C(=O)NCCCC(C)(C)C. The smallest absolute Gasteiger partial charge is 0.257 e. The second-order valence-corrected chi connectivity index (χ2v) is 8.45. The largest absolute Gasteiger partial charge is 0.477 e. The van der Waals surface area contributed by atoms with Gasteiger partial charge in [0.15, 0.2) is 0 Å². The van der Waals surface area contributed by atoms with Crippen molar-refractivity contribution in [1.82, 2.24) is 10.3 Å². The number of aryl methyl sites for hydroxylation is 1. The molecule has 6 heteroatoms. The highest BCUT2D eigenvalue weighted by atomic mass is 16.5.